The number of aromatic hydroxyl groups is 1. The summed E-state index contributed by atoms with van der Waals surface area (Å²) in [6.45, 7) is 0. The summed E-state index contributed by atoms with van der Waals surface area (Å²) in [5.74, 6) is 0.457. The molecule has 0 saturated heterocycles. The van der Waals surface area contributed by atoms with Crippen molar-refractivity contribution in [3.8, 4) is 28.6 Å². The molecule has 0 aliphatic heterocycles. The van der Waals surface area contributed by atoms with Crippen molar-refractivity contribution in [3.63, 3.8) is 0 Å². The molecule has 2 aromatic carbocycles. The minimum absolute atomic E-state index is 0.0816. The molecule has 20 heavy (non-hydrogen) atoms. The number of phenols is 1. The van der Waals surface area contributed by atoms with Crippen molar-refractivity contribution in [1.82, 2.24) is 10.1 Å². The van der Waals surface area contributed by atoms with Gasteiger partial charge in [0.2, 0.25) is 5.82 Å². The van der Waals surface area contributed by atoms with Crippen LogP contribution in [-0.2, 0) is 0 Å². The topological polar surface area (TPSA) is 85.2 Å². The fourth-order valence-electron chi connectivity index (χ4n) is 1.82. The lowest BCUT2D eigenvalue weighted by Crippen LogP contribution is -1.88. The Balaban J connectivity index is 2.07. The van der Waals surface area contributed by atoms with E-state index in [9.17, 15) is 5.11 Å². The van der Waals surface area contributed by atoms with Gasteiger partial charge in [0.05, 0.1) is 16.3 Å². The van der Waals surface area contributed by atoms with Crippen molar-refractivity contribution in [2.75, 3.05) is 5.73 Å². The third-order valence-corrected chi connectivity index (χ3v) is 3.17. The lowest BCUT2D eigenvalue weighted by molar-refractivity contribution is 0.426. The first-order valence-electron chi connectivity index (χ1n) is 5.83. The summed E-state index contributed by atoms with van der Waals surface area (Å²) in [6, 6.07) is 12.1. The minimum Gasteiger partial charge on any atom is -0.505 e. The van der Waals surface area contributed by atoms with Gasteiger partial charge in [-0.05, 0) is 24.3 Å². The van der Waals surface area contributed by atoms with Crippen LogP contribution in [0.2, 0.25) is 5.02 Å². The van der Waals surface area contributed by atoms with E-state index in [-0.39, 0.29) is 17.3 Å². The van der Waals surface area contributed by atoms with Crippen LogP contribution in [0.15, 0.2) is 47.0 Å². The number of hydrogen-bond acceptors (Lipinski definition) is 5. The first-order chi connectivity index (χ1) is 9.66. The molecular weight excluding hydrogens is 278 g/mol. The summed E-state index contributed by atoms with van der Waals surface area (Å²) in [7, 11) is 0. The number of para-hydroxylation sites is 1. The molecule has 0 radical (unpaired) electrons. The number of nitrogen functional groups attached to an aromatic ring is 1. The fourth-order valence-corrected chi connectivity index (χ4v) is 2.04. The molecular formula is C14H10ClN3O2. The zero-order valence-corrected chi connectivity index (χ0v) is 11.0. The lowest BCUT2D eigenvalue weighted by atomic mass is 10.1. The van der Waals surface area contributed by atoms with Crippen LogP contribution < -0.4 is 5.73 Å². The average molecular weight is 288 g/mol. The largest absolute Gasteiger partial charge is 0.505 e. The van der Waals surface area contributed by atoms with Crippen LogP contribution in [0.5, 0.6) is 5.75 Å². The maximum absolute atomic E-state index is 9.91. The SMILES string of the molecule is Nc1cccc(-c2nc(-c3ccccc3Cl)no2)c1O. The van der Waals surface area contributed by atoms with Crippen LogP contribution in [0.1, 0.15) is 0 Å². The van der Waals surface area contributed by atoms with Crippen LogP contribution in [0.4, 0.5) is 5.69 Å². The second kappa shape index (κ2) is 4.86. The van der Waals surface area contributed by atoms with Crippen molar-refractivity contribution in [1.29, 1.82) is 0 Å². The molecule has 6 heteroatoms. The zero-order valence-electron chi connectivity index (χ0n) is 10.2. The van der Waals surface area contributed by atoms with Crippen molar-refractivity contribution >= 4 is 17.3 Å². The van der Waals surface area contributed by atoms with Gasteiger partial charge in [0.1, 0.15) is 0 Å². The van der Waals surface area contributed by atoms with E-state index in [2.05, 4.69) is 10.1 Å². The van der Waals surface area contributed by atoms with Crippen molar-refractivity contribution in [2.45, 2.75) is 0 Å². The Bertz CT molecular complexity index is 771. The quantitative estimate of drug-likeness (QED) is 0.558. The summed E-state index contributed by atoms with van der Waals surface area (Å²) in [6.07, 6.45) is 0. The monoisotopic (exact) mass is 287 g/mol. The minimum atomic E-state index is -0.0816. The molecule has 0 aliphatic carbocycles. The first-order valence-corrected chi connectivity index (χ1v) is 6.21. The molecule has 100 valence electrons. The van der Waals surface area contributed by atoms with E-state index in [1.807, 2.05) is 12.1 Å². The summed E-state index contributed by atoms with van der Waals surface area (Å²) in [5.41, 5.74) is 6.93. The fraction of sp³-hybridized carbons (Fsp3) is 0. The van der Waals surface area contributed by atoms with Crippen molar-refractivity contribution in [2.24, 2.45) is 0 Å². The van der Waals surface area contributed by atoms with Gasteiger partial charge in [0.25, 0.3) is 5.89 Å². The van der Waals surface area contributed by atoms with Gasteiger partial charge in [-0.1, -0.05) is 35.0 Å². The molecule has 3 rings (SSSR count). The number of anilines is 1. The third kappa shape index (κ3) is 2.08. The second-order valence-corrected chi connectivity index (χ2v) is 4.55. The van der Waals surface area contributed by atoms with Gasteiger partial charge >= 0.3 is 0 Å². The molecule has 3 aromatic rings. The number of halogens is 1. The number of nitrogens with zero attached hydrogens (tertiary/aromatic N) is 2. The number of aromatic nitrogens is 2. The van der Waals surface area contributed by atoms with Crippen LogP contribution in [-0.4, -0.2) is 15.2 Å². The van der Waals surface area contributed by atoms with Gasteiger partial charge in [-0.3, -0.25) is 0 Å². The Labute approximate surface area is 119 Å². The highest BCUT2D eigenvalue weighted by atomic mass is 35.5. The molecule has 0 atom stereocenters. The molecule has 0 bridgehead atoms. The summed E-state index contributed by atoms with van der Waals surface area (Å²) in [5, 5.41) is 14.3. The Morgan fingerprint density at radius 3 is 2.60 bits per heavy atom. The molecule has 1 heterocycles. The smallest absolute Gasteiger partial charge is 0.262 e. The van der Waals surface area contributed by atoms with E-state index in [1.165, 1.54) is 0 Å². The van der Waals surface area contributed by atoms with E-state index in [4.69, 9.17) is 21.9 Å². The highest BCUT2D eigenvalue weighted by Gasteiger charge is 2.16. The third-order valence-electron chi connectivity index (χ3n) is 2.84. The Kier molecular flexibility index (Phi) is 3.04. The Hall–Kier alpha value is -2.53. The molecule has 3 N–H and O–H groups in total. The van der Waals surface area contributed by atoms with Crippen LogP contribution in [0.3, 0.4) is 0 Å². The van der Waals surface area contributed by atoms with Crippen molar-refractivity contribution < 1.29 is 9.63 Å². The summed E-state index contributed by atoms with van der Waals surface area (Å²) < 4.78 is 5.16. The number of nitrogens with two attached hydrogens (primary N) is 1. The van der Waals surface area contributed by atoms with Gasteiger partial charge in [0, 0.05) is 5.56 Å². The second-order valence-electron chi connectivity index (χ2n) is 4.15. The maximum Gasteiger partial charge on any atom is 0.262 e. The standard InChI is InChI=1S/C14H10ClN3O2/c15-10-6-2-1-4-8(10)13-17-14(20-18-13)9-5-3-7-11(16)12(9)19/h1-7,19H,16H2. The van der Waals surface area contributed by atoms with Gasteiger partial charge in [0.15, 0.2) is 5.75 Å². The number of benzene rings is 2. The maximum atomic E-state index is 9.91. The predicted octanol–water partition coefficient (Wildman–Crippen LogP) is 3.34. The Morgan fingerprint density at radius 2 is 1.80 bits per heavy atom. The molecule has 0 spiro atoms. The molecule has 0 fully saturated rings. The predicted molar refractivity (Wildman–Crippen MR) is 76.3 cm³/mol. The highest BCUT2D eigenvalue weighted by molar-refractivity contribution is 6.33. The average Bonchev–Trinajstić information content (AvgIpc) is 2.92. The van der Waals surface area contributed by atoms with E-state index < -0.39 is 0 Å². The van der Waals surface area contributed by atoms with E-state index in [0.717, 1.165) is 0 Å². The molecule has 0 unspecified atom stereocenters. The van der Waals surface area contributed by atoms with E-state index >= 15 is 0 Å². The van der Waals surface area contributed by atoms with Gasteiger partial charge in [-0.15, -0.1) is 0 Å². The summed E-state index contributed by atoms with van der Waals surface area (Å²) >= 11 is 6.08. The Morgan fingerprint density at radius 1 is 1.05 bits per heavy atom. The van der Waals surface area contributed by atoms with Crippen LogP contribution >= 0.6 is 11.6 Å². The van der Waals surface area contributed by atoms with E-state index in [1.54, 1.807) is 30.3 Å². The molecule has 0 aliphatic rings. The number of hydrogen-bond donors (Lipinski definition) is 2. The molecule has 5 nitrogen and oxygen atoms in total. The van der Waals surface area contributed by atoms with Gasteiger partial charge in [-0.25, -0.2) is 0 Å². The lowest BCUT2D eigenvalue weighted by Gasteiger charge is -2.01. The highest BCUT2D eigenvalue weighted by Crippen LogP contribution is 2.34. The van der Waals surface area contributed by atoms with Crippen LogP contribution in [0.25, 0.3) is 22.8 Å². The number of phenolic OH excluding ortho intramolecular Hbond substituents is 1. The summed E-state index contributed by atoms with van der Waals surface area (Å²) in [4.78, 5) is 4.24. The zero-order chi connectivity index (χ0) is 14.1. The van der Waals surface area contributed by atoms with Gasteiger partial charge < -0.3 is 15.4 Å². The normalized spacial score (nSPS) is 10.7. The first kappa shape index (κ1) is 12.5. The van der Waals surface area contributed by atoms with Gasteiger partial charge in [-0.2, -0.15) is 4.98 Å². The molecule has 1 aromatic heterocycles. The van der Waals surface area contributed by atoms with Crippen molar-refractivity contribution in [3.05, 3.63) is 47.5 Å². The van der Waals surface area contributed by atoms with Crippen LogP contribution in [0, 0.1) is 0 Å². The number of rotatable bonds is 2. The van der Waals surface area contributed by atoms with E-state index in [0.29, 0.717) is 22.0 Å². The molecule has 0 amide bonds. The molecule has 0 saturated carbocycles.